The fourth-order valence-electron chi connectivity index (χ4n) is 2.28. The van der Waals surface area contributed by atoms with Gasteiger partial charge in [-0.2, -0.15) is 0 Å². The summed E-state index contributed by atoms with van der Waals surface area (Å²) in [4.78, 5) is 15.7. The van der Waals surface area contributed by atoms with E-state index in [1.54, 1.807) is 11.3 Å². The molecule has 118 valence electrons. The Bertz CT molecular complexity index is 805. The number of hydrogen-bond acceptors (Lipinski definition) is 4. The number of anilines is 1. The second-order valence-corrected chi connectivity index (χ2v) is 6.84. The van der Waals surface area contributed by atoms with Crippen molar-refractivity contribution < 1.29 is 9.53 Å². The Hall–Kier alpha value is -2.40. The quantitative estimate of drug-likeness (QED) is 0.764. The van der Waals surface area contributed by atoms with Crippen LogP contribution in [0.2, 0.25) is 0 Å². The third kappa shape index (κ3) is 3.51. The minimum atomic E-state index is -0.529. The van der Waals surface area contributed by atoms with Gasteiger partial charge in [-0.1, -0.05) is 12.1 Å². The maximum atomic E-state index is 11.0. The van der Waals surface area contributed by atoms with Crippen molar-refractivity contribution in [3.63, 3.8) is 0 Å². The number of carbonyl (C=O) groups is 1. The molecular formula is C18H18N2O2S. The molecule has 0 fully saturated rings. The largest absolute Gasteiger partial charge is 0.481 e. The summed E-state index contributed by atoms with van der Waals surface area (Å²) in [6.45, 7) is 5.50. The highest BCUT2D eigenvalue weighted by atomic mass is 32.1. The molecule has 0 saturated carbocycles. The smallest absolute Gasteiger partial charge is 0.221 e. The SMILES string of the molecule is CC(=O)Nc1ccc(OC(C)(C)c2nc3ccccc3s2)cc1. The molecule has 0 unspecified atom stereocenters. The number of ether oxygens (including phenoxy) is 1. The van der Waals surface area contributed by atoms with Crippen LogP contribution in [-0.2, 0) is 10.4 Å². The number of nitrogens with one attached hydrogen (secondary N) is 1. The molecule has 1 N–H and O–H groups in total. The zero-order valence-corrected chi connectivity index (χ0v) is 14.1. The van der Waals surface area contributed by atoms with Crippen molar-refractivity contribution in [3.8, 4) is 5.75 Å². The van der Waals surface area contributed by atoms with Crippen molar-refractivity contribution >= 4 is 33.1 Å². The summed E-state index contributed by atoms with van der Waals surface area (Å²) in [6.07, 6.45) is 0. The molecule has 2 aromatic carbocycles. The van der Waals surface area contributed by atoms with E-state index in [0.717, 1.165) is 26.7 Å². The van der Waals surface area contributed by atoms with E-state index in [-0.39, 0.29) is 5.91 Å². The van der Waals surface area contributed by atoms with Crippen molar-refractivity contribution in [2.75, 3.05) is 5.32 Å². The van der Waals surface area contributed by atoms with Crippen LogP contribution in [0, 0.1) is 0 Å². The summed E-state index contributed by atoms with van der Waals surface area (Å²) >= 11 is 1.64. The van der Waals surface area contributed by atoms with Crippen LogP contribution in [-0.4, -0.2) is 10.9 Å². The standard InChI is InChI=1S/C18H18N2O2S/c1-12(21)19-13-8-10-14(11-9-13)22-18(2,3)17-20-15-6-4-5-7-16(15)23-17/h4-11H,1-3H3,(H,19,21). The lowest BCUT2D eigenvalue weighted by Crippen LogP contribution is -2.25. The molecule has 0 aliphatic heterocycles. The Morgan fingerprint density at radius 3 is 2.48 bits per heavy atom. The highest BCUT2D eigenvalue weighted by molar-refractivity contribution is 7.18. The van der Waals surface area contributed by atoms with Crippen LogP contribution in [0.15, 0.2) is 48.5 Å². The Kier molecular flexibility index (Phi) is 4.05. The van der Waals surface area contributed by atoms with Crippen LogP contribution < -0.4 is 10.1 Å². The summed E-state index contributed by atoms with van der Waals surface area (Å²) in [5.41, 5.74) is 1.21. The van der Waals surface area contributed by atoms with Gasteiger partial charge in [-0.05, 0) is 50.2 Å². The minimum absolute atomic E-state index is 0.0894. The van der Waals surface area contributed by atoms with E-state index >= 15 is 0 Å². The summed E-state index contributed by atoms with van der Waals surface area (Å²) < 4.78 is 7.27. The van der Waals surface area contributed by atoms with Gasteiger partial charge in [0.15, 0.2) is 5.60 Å². The summed E-state index contributed by atoms with van der Waals surface area (Å²) in [6, 6.07) is 15.4. The molecule has 5 heteroatoms. The van der Waals surface area contributed by atoms with Gasteiger partial charge in [-0.15, -0.1) is 11.3 Å². The number of rotatable bonds is 4. The maximum absolute atomic E-state index is 11.0. The number of fused-ring (bicyclic) bond motifs is 1. The van der Waals surface area contributed by atoms with E-state index in [0.29, 0.717) is 0 Å². The van der Waals surface area contributed by atoms with Gasteiger partial charge in [-0.25, -0.2) is 4.98 Å². The third-order valence-corrected chi connectivity index (χ3v) is 4.70. The second-order valence-electron chi connectivity index (χ2n) is 5.80. The highest BCUT2D eigenvalue weighted by Crippen LogP contribution is 2.33. The first kappa shape index (κ1) is 15.5. The highest BCUT2D eigenvalue weighted by Gasteiger charge is 2.27. The van der Waals surface area contributed by atoms with Crippen LogP contribution in [0.25, 0.3) is 10.2 Å². The molecule has 0 atom stereocenters. The maximum Gasteiger partial charge on any atom is 0.221 e. The summed E-state index contributed by atoms with van der Waals surface area (Å²) in [7, 11) is 0. The first-order chi connectivity index (χ1) is 10.9. The number of amides is 1. The fraction of sp³-hybridized carbons (Fsp3) is 0.222. The molecule has 0 aliphatic carbocycles. The predicted molar refractivity (Wildman–Crippen MR) is 94.0 cm³/mol. The molecule has 3 rings (SSSR count). The minimum Gasteiger partial charge on any atom is -0.481 e. The number of hydrogen-bond donors (Lipinski definition) is 1. The van der Waals surface area contributed by atoms with Gasteiger partial charge >= 0.3 is 0 Å². The van der Waals surface area contributed by atoms with Crippen molar-refractivity contribution in [1.29, 1.82) is 0 Å². The lowest BCUT2D eigenvalue weighted by atomic mass is 10.1. The zero-order valence-electron chi connectivity index (χ0n) is 13.3. The molecule has 0 radical (unpaired) electrons. The van der Waals surface area contributed by atoms with Gasteiger partial charge in [0.05, 0.1) is 10.2 Å². The molecule has 3 aromatic rings. The van der Waals surface area contributed by atoms with Crippen molar-refractivity contribution in [2.45, 2.75) is 26.4 Å². The molecule has 1 aromatic heterocycles. The summed E-state index contributed by atoms with van der Waals surface area (Å²) in [5.74, 6) is 0.650. The number of para-hydroxylation sites is 1. The van der Waals surface area contributed by atoms with Crippen LogP contribution in [0.4, 0.5) is 5.69 Å². The lowest BCUT2D eigenvalue weighted by Gasteiger charge is -2.24. The molecule has 0 aliphatic rings. The average molecular weight is 326 g/mol. The van der Waals surface area contributed by atoms with Gasteiger partial charge < -0.3 is 10.1 Å². The topological polar surface area (TPSA) is 51.2 Å². The number of benzene rings is 2. The Morgan fingerprint density at radius 2 is 1.83 bits per heavy atom. The molecule has 4 nitrogen and oxygen atoms in total. The average Bonchev–Trinajstić information content (AvgIpc) is 2.93. The molecule has 23 heavy (non-hydrogen) atoms. The zero-order chi connectivity index (χ0) is 16.4. The second kappa shape index (κ2) is 6.01. The van der Waals surface area contributed by atoms with Crippen LogP contribution in [0.5, 0.6) is 5.75 Å². The molecular weight excluding hydrogens is 308 g/mol. The molecule has 1 amide bonds. The van der Waals surface area contributed by atoms with Crippen LogP contribution >= 0.6 is 11.3 Å². The number of carbonyl (C=O) groups excluding carboxylic acids is 1. The van der Waals surface area contributed by atoms with E-state index in [1.807, 2.05) is 56.3 Å². The number of thiazole rings is 1. The van der Waals surface area contributed by atoms with Crippen molar-refractivity contribution in [2.24, 2.45) is 0 Å². The van der Waals surface area contributed by atoms with E-state index in [9.17, 15) is 4.79 Å². The van der Waals surface area contributed by atoms with Crippen LogP contribution in [0.1, 0.15) is 25.8 Å². The lowest BCUT2D eigenvalue weighted by molar-refractivity contribution is -0.114. The van der Waals surface area contributed by atoms with E-state index in [2.05, 4.69) is 16.4 Å². The first-order valence-electron chi connectivity index (χ1n) is 7.37. The van der Waals surface area contributed by atoms with Gasteiger partial charge in [0.25, 0.3) is 0 Å². The molecule has 1 heterocycles. The molecule has 0 spiro atoms. The predicted octanol–water partition coefficient (Wildman–Crippen LogP) is 4.57. The third-order valence-electron chi connectivity index (χ3n) is 3.36. The van der Waals surface area contributed by atoms with Crippen molar-refractivity contribution in [1.82, 2.24) is 4.98 Å². The fourth-order valence-corrected chi connectivity index (χ4v) is 3.28. The summed E-state index contributed by atoms with van der Waals surface area (Å²) in [5, 5.41) is 3.67. The Morgan fingerprint density at radius 1 is 1.13 bits per heavy atom. The van der Waals surface area contributed by atoms with Gasteiger partial charge in [0, 0.05) is 12.6 Å². The first-order valence-corrected chi connectivity index (χ1v) is 8.18. The van der Waals surface area contributed by atoms with E-state index in [1.165, 1.54) is 6.92 Å². The normalized spacial score (nSPS) is 11.4. The Balaban J connectivity index is 1.81. The number of nitrogens with zero attached hydrogens (tertiary/aromatic N) is 1. The van der Waals surface area contributed by atoms with Gasteiger partial charge in [-0.3, -0.25) is 4.79 Å². The van der Waals surface area contributed by atoms with Crippen molar-refractivity contribution in [3.05, 3.63) is 53.5 Å². The van der Waals surface area contributed by atoms with Gasteiger partial charge in [0.1, 0.15) is 10.8 Å². The monoisotopic (exact) mass is 326 g/mol. The van der Waals surface area contributed by atoms with Crippen LogP contribution in [0.3, 0.4) is 0 Å². The number of aromatic nitrogens is 1. The van der Waals surface area contributed by atoms with E-state index < -0.39 is 5.60 Å². The molecule has 0 bridgehead atoms. The Labute approximate surface area is 139 Å². The van der Waals surface area contributed by atoms with E-state index in [4.69, 9.17) is 4.74 Å². The molecule has 0 saturated heterocycles. The van der Waals surface area contributed by atoms with Gasteiger partial charge in [0.2, 0.25) is 5.91 Å².